The highest BCUT2D eigenvalue weighted by Crippen LogP contribution is 2.21. The SMILES string of the molecule is O=C(O)OC1CCC1. The summed E-state index contributed by atoms with van der Waals surface area (Å²) >= 11 is 0. The van der Waals surface area contributed by atoms with Gasteiger partial charge < -0.3 is 9.84 Å². The molecule has 0 unspecified atom stereocenters. The first-order valence-electron chi connectivity index (χ1n) is 2.68. The van der Waals surface area contributed by atoms with Crippen molar-refractivity contribution in [1.82, 2.24) is 0 Å². The molecule has 0 aromatic rings. The molecule has 0 saturated heterocycles. The van der Waals surface area contributed by atoms with Crippen molar-refractivity contribution in [2.75, 3.05) is 0 Å². The van der Waals surface area contributed by atoms with Crippen LogP contribution >= 0.6 is 0 Å². The highest BCUT2D eigenvalue weighted by molar-refractivity contribution is 5.57. The Balaban J connectivity index is 2.09. The predicted octanol–water partition coefficient (Wildman–Crippen LogP) is 1.23. The lowest BCUT2D eigenvalue weighted by Gasteiger charge is -2.22. The van der Waals surface area contributed by atoms with Crippen LogP contribution in [0.5, 0.6) is 0 Å². The number of carbonyl (C=O) groups is 1. The zero-order valence-electron chi connectivity index (χ0n) is 4.46. The topological polar surface area (TPSA) is 46.5 Å². The maximum absolute atomic E-state index is 9.78. The zero-order valence-corrected chi connectivity index (χ0v) is 4.46. The minimum absolute atomic E-state index is 0.00694. The molecule has 1 saturated carbocycles. The maximum atomic E-state index is 9.78. The van der Waals surface area contributed by atoms with Crippen LogP contribution in [0.4, 0.5) is 4.79 Å². The van der Waals surface area contributed by atoms with Crippen molar-refractivity contribution in [3.8, 4) is 0 Å². The van der Waals surface area contributed by atoms with E-state index in [4.69, 9.17) is 5.11 Å². The smallest absolute Gasteiger partial charge is 0.450 e. The van der Waals surface area contributed by atoms with Gasteiger partial charge in [-0.3, -0.25) is 0 Å². The molecule has 8 heavy (non-hydrogen) atoms. The molecular formula is C5H8O3. The van der Waals surface area contributed by atoms with Crippen LogP contribution in [0, 0.1) is 0 Å². The van der Waals surface area contributed by atoms with Crippen LogP contribution in [0.3, 0.4) is 0 Å². The minimum atomic E-state index is -1.14. The molecule has 46 valence electrons. The third kappa shape index (κ3) is 1.12. The van der Waals surface area contributed by atoms with Gasteiger partial charge in [-0.25, -0.2) is 4.79 Å². The Kier molecular flexibility index (Phi) is 1.37. The van der Waals surface area contributed by atoms with Gasteiger partial charge in [-0.1, -0.05) is 0 Å². The van der Waals surface area contributed by atoms with E-state index in [1.807, 2.05) is 0 Å². The molecule has 1 N–H and O–H groups in total. The maximum Gasteiger partial charge on any atom is 0.506 e. The van der Waals surface area contributed by atoms with Gasteiger partial charge in [0.05, 0.1) is 0 Å². The van der Waals surface area contributed by atoms with Crippen LogP contribution in [-0.2, 0) is 4.74 Å². The average molecular weight is 116 g/mol. The highest BCUT2D eigenvalue weighted by atomic mass is 16.7. The molecule has 1 aliphatic rings. The molecule has 0 amide bonds. The van der Waals surface area contributed by atoms with E-state index in [1.54, 1.807) is 0 Å². The average Bonchev–Trinajstić information content (AvgIpc) is 1.55. The summed E-state index contributed by atoms with van der Waals surface area (Å²) in [6.45, 7) is 0. The molecule has 0 radical (unpaired) electrons. The van der Waals surface area contributed by atoms with Gasteiger partial charge in [-0.2, -0.15) is 0 Å². The van der Waals surface area contributed by atoms with E-state index in [1.165, 1.54) is 0 Å². The van der Waals surface area contributed by atoms with E-state index in [-0.39, 0.29) is 6.10 Å². The van der Waals surface area contributed by atoms with Gasteiger partial charge in [0.25, 0.3) is 0 Å². The van der Waals surface area contributed by atoms with Gasteiger partial charge >= 0.3 is 6.16 Å². The first-order chi connectivity index (χ1) is 3.79. The first-order valence-corrected chi connectivity index (χ1v) is 2.68. The summed E-state index contributed by atoms with van der Waals surface area (Å²) in [5.74, 6) is 0. The second-order valence-corrected chi connectivity index (χ2v) is 1.94. The van der Waals surface area contributed by atoms with Crippen molar-refractivity contribution in [3.05, 3.63) is 0 Å². The fourth-order valence-corrected chi connectivity index (χ4v) is 0.631. The Labute approximate surface area is 47.3 Å². The van der Waals surface area contributed by atoms with E-state index in [0.717, 1.165) is 19.3 Å². The number of carboxylic acid groups (broad SMARTS) is 1. The van der Waals surface area contributed by atoms with Crippen LogP contribution in [0.2, 0.25) is 0 Å². The Morgan fingerprint density at radius 3 is 2.38 bits per heavy atom. The van der Waals surface area contributed by atoms with Crippen LogP contribution < -0.4 is 0 Å². The summed E-state index contributed by atoms with van der Waals surface area (Å²) in [5.41, 5.74) is 0. The summed E-state index contributed by atoms with van der Waals surface area (Å²) in [7, 11) is 0. The molecule has 3 heteroatoms. The van der Waals surface area contributed by atoms with E-state index in [0.29, 0.717) is 0 Å². The quantitative estimate of drug-likeness (QED) is 0.524. The predicted molar refractivity (Wildman–Crippen MR) is 26.7 cm³/mol. The molecule has 0 aromatic carbocycles. The van der Waals surface area contributed by atoms with E-state index in [2.05, 4.69) is 4.74 Å². The molecule has 1 rings (SSSR count). The number of rotatable bonds is 1. The van der Waals surface area contributed by atoms with Gasteiger partial charge in [-0.15, -0.1) is 0 Å². The number of hydrogen-bond acceptors (Lipinski definition) is 2. The van der Waals surface area contributed by atoms with Crippen molar-refractivity contribution in [2.45, 2.75) is 25.4 Å². The van der Waals surface area contributed by atoms with Gasteiger partial charge in [-0.05, 0) is 19.3 Å². The molecule has 0 spiro atoms. The summed E-state index contributed by atoms with van der Waals surface area (Å²) < 4.78 is 4.40. The fraction of sp³-hybridized carbons (Fsp3) is 0.800. The van der Waals surface area contributed by atoms with Gasteiger partial charge in [0.15, 0.2) is 0 Å². The van der Waals surface area contributed by atoms with Crippen LogP contribution in [-0.4, -0.2) is 17.4 Å². The zero-order chi connectivity index (χ0) is 5.98. The largest absolute Gasteiger partial charge is 0.506 e. The number of hydrogen-bond donors (Lipinski definition) is 1. The van der Waals surface area contributed by atoms with Crippen LogP contribution in [0.1, 0.15) is 19.3 Å². The van der Waals surface area contributed by atoms with E-state index >= 15 is 0 Å². The Bertz CT molecular complexity index is 95.8. The normalized spacial score (nSPS) is 19.5. The van der Waals surface area contributed by atoms with Crippen molar-refractivity contribution in [3.63, 3.8) is 0 Å². The van der Waals surface area contributed by atoms with Crippen LogP contribution in [0.25, 0.3) is 0 Å². The molecule has 0 atom stereocenters. The third-order valence-electron chi connectivity index (χ3n) is 1.32. The molecule has 0 heterocycles. The third-order valence-corrected chi connectivity index (χ3v) is 1.32. The van der Waals surface area contributed by atoms with Crippen molar-refractivity contribution in [1.29, 1.82) is 0 Å². The summed E-state index contributed by atoms with van der Waals surface area (Å²) in [6, 6.07) is 0. The lowest BCUT2D eigenvalue weighted by molar-refractivity contribution is 0.0174. The van der Waals surface area contributed by atoms with Crippen molar-refractivity contribution >= 4 is 6.16 Å². The van der Waals surface area contributed by atoms with Gasteiger partial charge in [0.1, 0.15) is 6.10 Å². The summed E-state index contributed by atoms with van der Waals surface area (Å²) in [5, 5.41) is 8.03. The summed E-state index contributed by atoms with van der Waals surface area (Å²) in [6.07, 6.45) is 1.79. The first kappa shape index (κ1) is 5.41. The lowest BCUT2D eigenvalue weighted by Crippen LogP contribution is -2.23. The Hall–Kier alpha value is -0.730. The second-order valence-electron chi connectivity index (χ2n) is 1.94. The Morgan fingerprint density at radius 1 is 1.62 bits per heavy atom. The number of ether oxygens (including phenoxy) is 1. The van der Waals surface area contributed by atoms with Crippen molar-refractivity contribution < 1.29 is 14.6 Å². The highest BCUT2D eigenvalue weighted by Gasteiger charge is 2.20. The monoisotopic (exact) mass is 116 g/mol. The molecular weight excluding hydrogens is 108 g/mol. The van der Waals surface area contributed by atoms with Gasteiger partial charge in [0.2, 0.25) is 0 Å². The molecule has 1 fully saturated rings. The van der Waals surface area contributed by atoms with E-state index in [9.17, 15) is 4.79 Å². The van der Waals surface area contributed by atoms with Gasteiger partial charge in [0, 0.05) is 0 Å². The fourth-order valence-electron chi connectivity index (χ4n) is 0.631. The molecule has 1 aliphatic carbocycles. The second kappa shape index (κ2) is 2.03. The Morgan fingerprint density at radius 2 is 2.25 bits per heavy atom. The van der Waals surface area contributed by atoms with Crippen LogP contribution in [0.15, 0.2) is 0 Å². The molecule has 3 nitrogen and oxygen atoms in total. The molecule has 0 aliphatic heterocycles. The lowest BCUT2D eigenvalue weighted by atomic mass is 9.96. The van der Waals surface area contributed by atoms with E-state index < -0.39 is 6.16 Å². The summed E-state index contributed by atoms with van der Waals surface area (Å²) in [4.78, 5) is 9.78. The van der Waals surface area contributed by atoms with Crippen molar-refractivity contribution in [2.24, 2.45) is 0 Å². The molecule has 0 bridgehead atoms. The minimum Gasteiger partial charge on any atom is -0.450 e. The standard InChI is InChI=1S/C5H8O3/c6-5(7)8-4-2-1-3-4/h4H,1-3H2,(H,6,7). The molecule has 0 aromatic heterocycles.